The highest BCUT2D eigenvalue weighted by atomic mass is 32.2. The number of nitrogens with two attached hydrogens (primary N) is 1. The fraction of sp³-hybridized carbons (Fsp3) is 0.433. The molecule has 6 heteroatoms. The normalized spacial score (nSPS) is 11.0. The number of hydrogen-bond acceptors (Lipinski definition) is 6. The molecule has 0 amide bonds. The van der Waals surface area contributed by atoms with Crippen molar-refractivity contribution < 1.29 is 5.11 Å². The van der Waals surface area contributed by atoms with Crippen molar-refractivity contribution in [2.75, 3.05) is 24.6 Å². The lowest BCUT2D eigenvalue weighted by Gasteiger charge is -2.21. The van der Waals surface area contributed by atoms with Crippen LogP contribution in [-0.2, 0) is 0 Å². The minimum atomic E-state index is 0.331. The summed E-state index contributed by atoms with van der Waals surface area (Å²) in [6.07, 6.45) is 2.76. The first-order chi connectivity index (χ1) is 17.2. The van der Waals surface area contributed by atoms with E-state index in [0.29, 0.717) is 17.4 Å². The van der Waals surface area contributed by atoms with Crippen LogP contribution in [0.1, 0.15) is 59.8 Å². The molecule has 0 radical (unpaired) electrons. The molecule has 0 bridgehead atoms. The molecule has 0 atom stereocenters. The first-order valence-electron chi connectivity index (χ1n) is 12.7. The third-order valence-corrected chi connectivity index (χ3v) is 6.63. The zero-order valence-electron chi connectivity index (χ0n) is 22.9. The molecule has 0 aliphatic carbocycles. The molecule has 0 aliphatic rings. The van der Waals surface area contributed by atoms with E-state index in [1.165, 1.54) is 26.9 Å². The number of thiophene rings is 1. The van der Waals surface area contributed by atoms with Crippen LogP contribution in [0, 0.1) is 23.2 Å². The van der Waals surface area contributed by atoms with Crippen LogP contribution in [0.25, 0.3) is 27.3 Å². The monoisotopic (exact) mass is 525 g/mol. The van der Waals surface area contributed by atoms with Crippen molar-refractivity contribution in [1.82, 2.24) is 0 Å². The number of aliphatic hydroxyl groups is 1. The number of nitrogens with zero attached hydrogens (tertiary/aromatic N) is 2. The van der Waals surface area contributed by atoms with E-state index in [-0.39, 0.29) is 0 Å². The van der Waals surface area contributed by atoms with E-state index in [9.17, 15) is 0 Å². The Labute approximate surface area is 227 Å². The molecule has 2 aromatic carbocycles. The van der Waals surface area contributed by atoms with E-state index in [1.54, 1.807) is 11.3 Å². The number of hydrogen-bond donors (Lipinski definition) is 2. The fourth-order valence-electron chi connectivity index (χ4n) is 3.24. The van der Waals surface area contributed by atoms with Gasteiger partial charge in [-0.05, 0) is 96.8 Å². The molecular formula is C30H43N3OS2. The summed E-state index contributed by atoms with van der Waals surface area (Å²) >= 11 is 2.65. The van der Waals surface area contributed by atoms with E-state index < -0.39 is 0 Å². The number of benzene rings is 2. The predicted molar refractivity (Wildman–Crippen MR) is 163 cm³/mol. The van der Waals surface area contributed by atoms with Crippen molar-refractivity contribution in [3.63, 3.8) is 0 Å². The fourth-order valence-corrected chi connectivity index (χ4v) is 4.51. The highest BCUT2D eigenvalue weighted by Gasteiger charge is 2.07. The van der Waals surface area contributed by atoms with Crippen LogP contribution in [-0.4, -0.2) is 24.8 Å². The Hall–Kier alpha value is -2.30. The SMILES string of the molecule is CC(C)C.CC(C)CCO.CCN(CC)c1ccc2cc(-c3ccc(/C=C(\C#N)SN)s3)ccc2c1. The Morgan fingerprint density at radius 3 is 2.14 bits per heavy atom. The van der Waals surface area contributed by atoms with Gasteiger partial charge in [0.05, 0.1) is 0 Å². The summed E-state index contributed by atoms with van der Waals surface area (Å²) in [4.78, 5) is 5.09. The number of fused-ring (bicyclic) bond motifs is 1. The van der Waals surface area contributed by atoms with Gasteiger partial charge in [-0.15, -0.1) is 11.3 Å². The van der Waals surface area contributed by atoms with E-state index in [2.05, 4.69) is 102 Å². The van der Waals surface area contributed by atoms with Gasteiger partial charge in [0.25, 0.3) is 0 Å². The second kappa shape index (κ2) is 17.2. The lowest BCUT2D eigenvalue weighted by atomic mass is 10.0. The largest absolute Gasteiger partial charge is 0.396 e. The zero-order valence-corrected chi connectivity index (χ0v) is 24.5. The van der Waals surface area contributed by atoms with Gasteiger partial charge in [0.2, 0.25) is 0 Å². The molecule has 0 saturated heterocycles. The van der Waals surface area contributed by atoms with E-state index in [0.717, 1.165) is 42.3 Å². The minimum absolute atomic E-state index is 0.331. The van der Waals surface area contributed by atoms with Gasteiger partial charge in [-0.3, -0.25) is 5.14 Å². The molecule has 1 heterocycles. The number of allylic oxidation sites excluding steroid dienone is 1. The molecule has 0 saturated carbocycles. The lowest BCUT2D eigenvalue weighted by Crippen LogP contribution is -2.21. The van der Waals surface area contributed by atoms with Crippen LogP contribution in [0.15, 0.2) is 53.4 Å². The Morgan fingerprint density at radius 1 is 1.03 bits per heavy atom. The summed E-state index contributed by atoms with van der Waals surface area (Å²) in [7, 11) is 0. The Bertz CT molecular complexity index is 1110. The van der Waals surface area contributed by atoms with Crippen LogP contribution in [0.2, 0.25) is 0 Å². The van der Waals surface area contributed by atoms with Crippen molar-refractivity contribution in [1.29, 1.82) is 5.26 Å². The Balaban J connectivity index is 0.000000551. The van der Waals surface area contributed by atoms with Crippen LogP contribution in [0.3, 0.4) is 0 Å². The summed E-state index contributed by atoms with van der Waals surface area (Å²) in [6.45, 7) is 17.4. The van der Waals surface area contributed by atoms with Crippen molar-refractivity contribution in [3.8, 4) is 16.5 Å². The first kappa shape index (κ1) is 31.7. The highest BCUT2D eigenvalue weighted by molar-refractivity contribution is 8.01. The van der Waals surface area contributed by atoms with Gasteiger partial charge < -0.3 is 10.0 Å². The zero-order chi connectivity index (χ0) is 27.1. The molecule has 0 unspecified atom stereocenters. The first-order valence-corrected chi connectivity index (χ1v) is 14.4. The third kappa shape index (κ3) is 11.2. The molecule has 0 fully saturated rings. The smallest absolute Gasteiger partial charge is 0.108 e. The molecule has 3 aromatic rings. The summed E-state index contributed by atoms with van der Waals surface area (Å²) < 4.78 is 0. The maximum atomic E-state index is 9.01. The molecule has 1 aromatic heterocycles. The molecule has 4 nitrogen and oxygen atoms in total. The maximum Gasteiger partial charge on any atom is 0.108 e. The second-order valence-electron chi connectivity index (χ2n) is 9.50. The standard InChI is InChI=1S/C21H21N3S2.C5H12O.C4H10/c1-3-24(4-2)18-8-7-15-11-17(6-5-16(15)12-18)21-10-9-19(25-21)13-20(14-22)26-23;1-5(2)3-4-6;1-4(2)3/h5-13H,3-4,23H2,1-2H3;5-6H,3-4H2,1-2H3;4H,1-3H3/b20-13+;;. The Morgan fingerprint density at radius 2 is 1.64 bits per heavy atom. The van der Waals surface area contributed by atoms with Gasteiger partial charge in [-0.2, -0.15) is 5.26 Å². The number of aliphatic hydroxyl groups excluding tert-OH is 1. The average molecular weight is 526 g/mol. The van der Waals surface area contributed by atoms with Gasteiger partial charge in [-0.25, -0.2) is 0 Å². The van der Waals surface area contributed by atoms with Crippen molar-refractivity contribution in [2.45, 2.75) is 54.9 Å². The molecule has 196 valence electrons. The molecule has 0 aliphatic heterocycles. The topological polar surface area (TPSA) is 73.3 Å². The lowest BCUT2D eigenvalue weighted by molar-refractivity contribution is 0.268. The van der Waals surface area contributed by atoms with Gasteiger partial charge in [0.15, 0.2) is 0 Å². The Kier molecular flexibility index (Phi) is 15.2. The summed E-state index contributed by atoms with van der Waals surface area (Å²) in [5.41, 5.74) is 2.46. The maximum absolute atomic E-state index is 9.01. The number of anilines is 1. The molecule has 3 N–H and O–H groups in total. The van der Waals surface area contributed by atoms with Gasteiger partial charge in [-0.1, -0.05) is 52.8 Å². The van der Waals surface area contributed by atoms with Crippen molar-refractivity contribution >= 4 is 45.8 Å². The molecule has 3 rings (SSSR count). The number of nitriles is 1. The van der Waals surface area contributed by atoms with Gasteiger partial charge >= 0.3 is 0 Å². The molecule has 36 heavy (non-hydrogen) atoms. The summed E-state index contributed by atoms with van der Waals surface area (Å²) in [6, 6.07) is 19.4. The molecule has 0 spiro atoms. The predicted octanol–water partition coefficient (Wildman–Crippen LogP) is 8.57. The van der Waals surface area contributed by atoms with Crippen LogP contribution >= 0.6 is 23.3 Å². The van der Waals surface area contributed by atoms with E-state index >= 15 is 0 Å². The van der Waals surface area contributed by atoms with E-state index in [1.807, 2.05) is 12.1 Å². The number of rotatable bonds is 8. The third-order valence-electron chi connectivity index (χ3n) is 5.08. The minimum Gasteiger partial charge on any atom is -0.396 e. The van der Waals surface area contributed by atoms with E-state index in [4.69, 9.17) is 15.5 Å². The van der Waals surface area contributed by atoms with Gasteiger partial charge in [0.1, 0.15) is 11.0 Å². The molecular weight excluding hydrogens is 482 g/mol. The van der Waals surface area contributed by atoms with Crippen molar-refractivity contribution in [3.05, 3.63) is 58.3 Å². The second-order valence-corrected chi connectivity index (χ2v) is 11.3. The van der Waals surface area contributed by atoms with Crippen LogP contribution in [0.4, 0.5) is 5.69 Å². The summed E-state index contributed by atoms with van der Waals surface area (Å²) in [5, 5.41) is 25.2. The quantitative estimate of drug-likeness (QED) is 0.228. The highest BCUT2D eigenvalue weighted by Crippen LogP contribution is 2.33. The van der Waals surface area contributed by atoms with Crippen molar-refractivity contribution in [2.24, 2.45) is 17.0 Å². The van der Waals surface area contributed by atoms with Crippen LogP contribution < -0.4 is 10.0 Å². The average Bonchev–Trinajstić information content (AvgIpc) is 3.31. The summed E-state index contributed by atoms with van der Waals surface area (Å²) in [5.74, 6) is 1.48. The van der Waals surface area contributed by atoms with Crippen LogP contribution in [0.5, 0.6) is 0 Å². The van der Waals surface area contributed by atoms with Gasteiger partial charge in [0, 0.05) is 35.1 Å².